The maximum Gasteiger partial charge on any atom is 0.346 e. The van der Waals surface area contributed by atoms with Gasteiger partial charge in [0.1, 0.15) is 22.7 Å². The van der Waals surface area contributed by atoms with Gasteiger partial charge in [-0.15, -0.1) is 0 Å². The predicted molar refractivity (Wildman–Crippen MR) is 356 cm³/mol. The van der Waals surface area contributed by atoms with Gasteiger partial charge in [-0.2, -0.15) is 14.0 Å². The van der Waals surface area contributed by atoms with Crippen LogP contribution in [0.4, 0.5) is 51.2 Å². The summed E-state index contributed by atoms with van der Waals surface area (Å²) in [7, 11) is 0. The van der Waals surface area contributed by atoms with E-state index < -0.39 is 11.5 Å². The van der Waals surface area contributed by atoms with Crippen LogP contribution in [0.15, 0.2) is 188 Å². The van der Waals surface area contributed by atoms with Gasteiger partial charge >= 0.3 is 5.97 Å². The summed E-state index contributed by atoms with van der Waals surface area (Å²) < 4.78 is 9.18. The number of hydrogen-bond acceptors (Lipinski definition) is 10. The highest BCUT2D eigenvalue weighted by Gasteiger charge is 2.27. The third-order valence-electron chi connectivity index (χ3n) is 15.5. The molecule has 7 aromatic carbocycles. The molecule has 0 amide bonds. The van der Waals surface area contributed by atoms with Crippen LogP contribution in [0.3, 0.4) is 0 Å². The Morgan fingerprint density at radius 1 is 0.437 bits per heavy atom. The Balaban J connectivity index is 1.19. The number of aromatic amines is 2. The highest BCUT2D eigenvalue weighted by atomic mass is 32.1. The first kappa shape index (κ1) is 54.8. The Labute approximate surface area is 508 Å². The summed E-state index contributed by atoms with van der Waals surface area (Å²) in [5.74, 6) is 5.68. The van der Waals surface area contributed by atoms with Gasteiger partial charge < -0.3 is 29.8 Å². The first-order chi connectivity index (χ1) is 42.3. The van der Waals surface area contributed by atoms with Gasteiger partial charge in [0.15, 0.2) is 0 Å². The molecule has 2 aliphatic heterocycles. The van der Waals surface area contributed by atoms with Crippen LogP contribution in [0.1, 0.15) is 72.8 Å². The van der Waals surface area contributed by atoms with E-state index in [9.17, 15) is 15.2 Å². The van der Waals surface area contributed by atoms with Crippen molar-refractivity contribution in [1.82, 2.24) is 28.7 Å². The summed E-state index contributed by atoms with van der Waals surface area (Å²) in [4.78, 5) is 38.1. The second-order valence-corrected chi connectivity index (χ2v) is 22.4. The number of anilines is 9. The van der Waals surface area contributed by atoms with E-state index in [0.717, 1.165) is 119 Å². The van der Waals surface area contributed by atoms with Crippen molar-refractivity contribution in [2.24, 2.45) is 0 Å². The maximum absolute atomic E-state index is 12.0. The molecule has 0 atom stereocenters. The number of benzene rings is 7. The number of aliphatic carboxylic acids is 1. The van der Waals surface area contributed by atoms with Gasteiger partial charge in [-0.3, -0.25) is 0 Å². The number of hydrogen-bond donors (Lipinski definition) is 3. The number of nitrogens with zero attached hydrogens (tertiary/aromatic N) is 8. The summed E-state index contributed by atoms with van der Waals surface area (Å²) in [5, 5.41) is 19.4. The van der Waals surface area contributed by atoms with Crippen molar-refractivity contribution in [2.45, 2.75) is 41.5 Å². The highest BCUT2D eigenvalue weighted by molar-refractivity contribution is 7.00. The summed E-state index contributed by atoms with van der Waals surface area (Å²) in [6, 6.07) is 65.1. The molecule has 8 bridgehead atoms. The average molecular weight is 1150 g/mol. The van der Waals surface area contributed by atoms with Gasteiger partial charge in [0.2, 0.25) is 0 Å². The number of H-pyrrole nitrogens is 2. The van der Waals surface area contributed by atoms with Gasteiger partial charge in [0.25, 0.3) is 0 Å². The SMILES string of the molecule is Cc1ccc(N(c2ccc(C)cc2)c2c3nc(c(N(c4ccc(C)cc4)c4ccc(C)cc4)c4ccc([nH]4)c(N(c4ccc(C)cc4)c4ccc(C)cc4)c4nc(c(C#Cc5ccc(/C=C(\C#N)C(=O)O)c6nsnc56)c5ccc2[nH]5)C=C4)C=C3)cc1. The van der Waals surface area contributed by atoms with Crippen molar-refractivity contribution in [3.05, 3.63) is 260 Å². The zero-order valence-corrected chi connectivity index (χ0v) is 49.4. The molecule has 11 aromatic rings. The lowest BCUT2D eigenvalue weighted by Gasteiger charge is -2.27. The zero-order chi connectivity index (χ0) is 59.9. The van der Waals surface area contributed by atoms with Gasteiger partial charge in [-0.05, 0) is 175 Å². The third kappa shape index (κ3) is 10.8. The molecule has 420 valence electrons. The molecular formula is C74H56N10O2S. The maximum atomic E-state index is 12.0. The molecule has 0 radical (unpaired) electrons. The van der Waals surface area contributed by atoms with E-state index in [1.807, 2.05) is 12.1 Å². The summed E-state index contributed by atoms with van der Waals surface area (Å²) in [5.41, 5.74) is 22.7. The fraction of sp³-hybridized carbons (Fsp3) is 0.0811. The number of carboxylic acids is 1. The number of rotatable bonds is 11. The molecule has 6 heterocycles. The molecular weight excluding hydrogens is 1090 g/mol. The fourth-order valence-corrected chi connectivity index (χ4v) is 11.5. The third-order valence-corrected chi connectivity index (χ3v) is 16.0. The van der Waals surface area contributed by atoms with Crippen LogP contribution in [0, 0.1) is 64.7 Å². The van der Waals surface area contributed by atoms with Crippen molar-refractivity contribution in [3.63, 3.8) is 0 Å². The van der Waals surface area contributed by atoms with E-state index in [0.29, 0.717) is 50.3 Å². The minimum absolute atomic E-state index is 0.418. The Morgan fingerprint density at radius 3 is 1.14 bits per heavy atom. The lowest BCUT2D eigenvalue weighted by molar-refractivity contribution is -0.132. The monoisotopic (exact) mass is 1150 g/mol. The van der Waals surface area contributed by atoms with Crippen molar-refractivity contribution >= 4 is 132 Å². The summed E-state index contributed by atoms with van der Waals surface area (Å²) in [6.07, 6.45) is 9.60. The molecule has 0 saturated heterocycles. The van der Waals surface area contributed by atoms with Gasteiger partial charge in [-0.1, -0.05) is 124 Å². The van der Waals surface area contributed by atoms with E-state index in [2.05, 4.69) is 269 Å². The van der Waals surface area contributed by atoms with Gasteiger partial charge in [-0.25, -0.2) is 14.8 Å². The summed E-state index contributed by atoms with van der Waals surface area (Å²) >= 11 is 0.987. The Kier molecular flexibility index (Phi) is 14.5. The Morgan fingerprint density at radius 2 is 0.770 bits per heavy atom. The number of aryl methyl sites for hydroxylation is 6. The molecule has 2 aliphatic rings. The molecule has 13 heteroatoms. The first-order valence-corrected chi connectivity index (χ1v) is 29.2. The minimum Gasteiger partial charge on any atom is -0.477 e. The van der Waals surface area contributed by atoms with Crippen LogP contribution in [-0.4, -0.2) is 39.8 Å². The molecule has 3 N–H and O–H groups in total. The topological polar surface area (TPSA) is 154 Å². The molecule has 0 unspecified atom stereocenters. The van der Waals surface area contributed by atoms with Crippen molar-refractivity contribution in [3.8, 4) is 17.9 Å². The van der Waals surface area contributed by atoms with E-state index in [1.54, 1.807) is 18.2 Å². The fourth-order valence-electron chi connectivity index (χ4n) is 10.9. The van der Waals surface area contributed by atoms with Crippen molar-refractivity contribution < 1.29 is 9.90 Å². The van der Waals surface area contributed by atoms with Crippen LogP contribution in [0.25, 0.3) is 63.5 Å². The van der Waals surface area contributed by atoms with Crippen molar-refractivity contribution in [2.75, 3.05) is 14.7 Å². The lowest BCUT2D eigenvalue weighted by Crippen LogP contribution is -2.13. The lowest BCUT2D eigenvalue weighted by atomic mass is 10.1. The normalized spacial score (nSPS) is 11.8. The largest absolute Gasteiger partial charge is 0.477 e. The number of nitriles is 1. The van der Waals surface area contributed by atoms with Crippen LogP contribution < -0.4 is 14.7 Å². The van der Waals surface area contributed by atoms with Crippen LogP contribution in [-0.2, 0) is 4.79 Å². The first-order valence-electron chi connectivity index (χ1n) is 28.4. The number of aromatic nitrogens is 6. The van der Waals surface area contributed by atoms with E-state index in [1.165, 1.54) is 6.08 Å². The van der Waals surface area contributed by atoms with E-state index >= 15 is 0 Å². The number of nitrogens with one attached hydrogen (secondary N) is 2. The second-order valence-electron chi connectivity index (χ2n) is 21.8. The standard InChI is InChI=1S/C74H56N10O2S/c1-45-7-22-54(23-8-45)82(55-24-9-46(2)10-25-55)71-63-37-35-61(76-63)60(34-21-51-19-20-52(43-53(44-75)74(85)86)70-69(51)80-87-81-70)62-36-38-64(77-62)72(83(56-26-11-47(3)12-27-56)57-28-13-48(4)14-29-57)66-40-42-68(79-66)73(67-41-39-65(71)78-67)84(58-30-15-49(5)16-31-58)59-32-17-50(6)18-33-59/h7-20,22-33,35-43,76,79H,1-6H3,(H,85,86)/b53-43+,61-60?,62-60?,71-63?,71-65?,72-64?,72-66?,73-67?,73-68?. The van der Waals surface area contributed by atoms with Crippen molar-refractivity contribution in [1.29, 1.82) is 5.26 Å². The predicted octanol–water partition coefficient (Wildman–Crippen LogP) is 18.3. The van der Waals surface area contributed by atoms with E-state index in [4.69, 9.17) is 9.97 Å². The summed E-state index contributed by atoms with van der Waals surface area (Å²) in [6.45, 7) is 12.6. The Hall–Kier alpha value is -11.4. The molecule has 87 heavy (non-hydrogen) atoms. The van der Waals surface area contributed by atoms with Crippen LogP contribution >= 0.6 is 11.7 Å². The average Bonchev–Trinajstić information content (AvgIpc) is 1.80. The van der Waals surface area contributed by atoms with E-state index in [-0.39, 0.29) is 0 Å². The molecule has 13 rings (SSSR count). The molecule has 0 saturated carbocycles. The molecule has 0 aliphatic carbocycles. The van der Waals surface area contributed by atoms with Gasteiger partial charge in [0.05, 0.1) is 84.8 Å². The molecule has 0 spiro atoms. The number of carbonyl (C=O) groups is 1. The van der Waals surface area contributed by atoms with Crippen LogP contribution in [0.2, 0.25) is 0 Å². The van der Waals surface area contributed by atoms with Gasteiger partial charge in [0, 0.05) is 39.7 Å². The molecule has 4 aromatic heterocycles. The number of fused-ring (bicyclic) bond motifs is 9. The zero-order valence-electron chi connectivity index (χ0n) is 48.5. The number of carboxylic acid groups (broad SMARTS) is 1. The molecule has 0 fully saturated rings. The van der Waals surface area contributed by atoms with Crippen LogP contribution in [0.5, 0.6) is 0 Å². The smallest absolute Gasteiger partial charge is 0.346 e. The molecule has 12 nitrogen and oxygen atoms in total. The highest BCUT2D eigenvalue weighted by Crippen LogP contribution is 2.46. The second kappa shape index (κ2) is 23.0. The quantitative estimate of drug-likeness (QED) is 0.0648. The minimum atomic E-state index is -1.33. The Bertz CT molecular complexity index is 4670.